The number of aromatic nitrogens is 3. The van der Waals surface area contributed by atoms with Crippen molar-refractivity contribution in [1.29, 1.82) is 0 Å². The maximum Gasteiger partial charge on any atom is 0.253 e. The van der Waals surface area contributed by atoms with Gasteiger partial charge in [0.1, 0.15) is 5.82 Å². The van der Waals surface area contributed by atoms with Crippen LogP contribution in [0.25, 0.3) is 10.9 Å². The largest absolute Gasteiger partial charge is 0.399 e. The second-order valence-electron chi connectivity index (χ2n) is 4.90. The van der Waals surface area contributed by atoms with E-state index in [1.54, 1.807) is 18.6 Å². The number of nitrogens with one attached hydrogen (secondary N) is 3. The molecular weight excluding hydrogens is 266 g/mol. The average Bonchev–Trinajstić information content (AvgIpc) is 3.12. The van der Waals surface area contributed by atoms with Crippen LogP contribution in [-0.2, 0) is 6.42 Å². The summed E-state index contributed by atoms with van der Waals surface area (Å²) in [5, 5.41) is 3.76. The number of imidazole rings is 1. The topological polar surface area (TPSA) is 99.6 Å². The molecule has 0 unspecified atom stereocenters. The standard InChI is InChI=1S/C15H17N5O/c16-10-3-4-13-11(8-10)12(9-20-13)15(21)19-5-1-2-14-17-6-7-18-14/h3-4,6-9,20H,1-2,5,16H2,(H,17,18)(H,19,21). The minimum Gasteiger partial charge on any atom is -0.399 e. The molecule has 0 bridgehead atoms. The van der Waals surface area contributed by atoms with Crippen LogP contribution >= 0.6 is 0 Å². The molecule has 0 aliphatic heterocycles. The number of carbonyl (C=O) groups is 1. The zero-order valence-corrected chi connectivity index (χ0v) is 11.5. The van der Waals surface area contributed by atoms with E-state index < -0.39 is 0 Å². The van der Waals surface area contributed by atoms with E-state index in [1.165, 1.54) is 0 Å². The number of carbonyl (C=O) groups excluding carboxylic acids is 1. The fourth-order valence-corrected chi connectivity index (χ4v) is 2.31. The van der Waals surface area contributed by atoms with Crippen molar-refractivity contribution in [2.45, 2.75) is 12.8 Å². The van der Waals surface area contributed by atoms with Crippen LogP contribution in [0.5, 0.6) is 0 Å². The minimum absolute atomic E-state index is 0.0914. The van der Waals surface area contributed by atoms with E-state index in [0.717, 1.165) is 29.6 Å². The maximum atomic E-state index is 12.2. The maximum absolute atomic E-state index is 12.2. The number of aryl methyl sites for hydroxylation is 1. The lowest BCUT2D eigenvalue weighted by atomic mass is 10.1. The van der Waals surface area contributed by atoms with Gasteiger partial charge < -0.3 is 21.0 Å². The number of amides is 1. The highest BCUT2D eigenvalue weighted by Crippen LogP contribution is 2.20. The van der Waals surface area contributed by atoms with Gasteiger partial charge in [-0.3, -0.25) is 4.79 Å². The fraction of sp³-hybridized carbons (Fsp3) is 0.200. The summed E-state index contributed by atoms with van der Waals surface area (Å²) in [5.74, 6) is 0.843. The van der Waals surface area contributed by atoms with Gasteiger partial charge in [-0.1, -0.05) is 0 Å². The Morgan fingerprint density at radius 3 is 3.05 bits per heavy atom. The van der Waals surface area contributed by atoms with Gasteiger partial charge in [-0.05, 0) is 24.6 Å². The molecule has 5 N–H and O–H groups in total. The molecule has 2 aromatic heterocycles. The van der Waals surface area contributed by atoms with Crippen LogP contribution in [0.1, 0.15) is 22.6 Å². The second-order valence-corrected chi connectivity index (χ2v) is 4.90. The Morgan fingerprint density at radius 1 is 1.33 bits per heavy atom. The van der Waals surface area contributed by atoms with Gasteiger partial charge in [-0.25, -0.2) is 4.98 Å². The van der Waals surface area contributed by atoms with E-state index in [2.05, 4.69) is 20.3 Å². The summed E-state index contributed by atoms with van der Waals surface area (Å²) in [6, 6.07) is 5.49. The number of anilines is 1. The number of hydrogen-bond donors (Lipinski definition) is 4. The molecule has 1 aromatic carbocycles. The molecule has 21 heavy (non-hydrogen) atoms. The highest BCUT2D eigenvalue weighted by atomic mass is 16.1. The van der Waals surface area contributed by atoms with Gasteiger partial charge in [0.05, 0.1) is 5.56 Å². The molecule has 0 aliphatic rings. The second kappa shape index (κ2) is 5.70. The molecule has 2 heterocycles. The monoisotopic (exact) mass is 283 g/mol. The van der Waals surface area contributed by atoms with Crippen LogP contribution in [0.4, 0.5) is 5.69 Å². The predicted molar refractivity (Wildman–Crippen MR) is 82.0 cm³/mol. The molecule has 0 fully saturated rings. The van der Waals surface area contributed by atoms with Crippen LogP contribution in [0, 0.1) is 0 Å². The van der Waals surface area contributed by atoms with E-state index >= 15 is 0 Å². The molecule has 3 aromatic rings. The zero-order valence-electron chi connectivity index (χ0n) is 11.5. The van der Waals surface area contributed by atoms with Gasteiger partial charge in [0, 0.05) is 48.1 Å². The molecule has 0 aliphatic carbocycles. The van der Waals surface area contributed by atoms with E-state index in [9.17, 15) is 4.79 Å². The van der Waals surface area contributed by atoms with Crippen molar-refractivity contribution in [3.63, 3.8) is 0 Å². The number of nitrogens with two attached hydrogens (primary N) is 1. The Balaban J connectivity index is 1.60. The Labute approximate surface area is 121 Å². The summed E-state index contributed by atoms with van der Waals surface area (Å²) in [7, 11) is 0. The van der Waals surface area contributed by atoms with Crippen LogP contribution in [0.15, 0.2) is 36.8 Å². The van der Waals surface area contributed by atoms with Gasteiger partial charge in [0.25, 0.3) is 5.91 Å². The number of nitrogen functional groups attached to an aromatic ring is 1. The summed E-state index contributed by atoms with van der Waals surface area (Å²) >= 11 is 0. The SMILES string of the molecule is Nc1ccc2[nH]cc(C(=O)NCCCc3ncc[nH]3)c2c1. The normalized spacial score (nSPS) is 10.9. The zero-order chi connectivity index (χ0) is 14.7. The van der Waals surface area contributed by atoms with E-state index in [0.29, 0.717) is 17.8 Å². The number of hydrogen-bond acceptors (Lipinski definition) is 3. The van der Waals surface area contributed by atoms with Crippen LogP contribution < -0.4 is 11.1 Å². The van der Waals surface area contributed by atoms with Gasteiger partial charge in [-0.2, -0.15) is 0 Å². The van der Waals surface area contributed by atoms with Gasteiger partial charge in [0.15, 0.2) is 0 Å². The summed E-state index contributed by atoms with van der Waals surface area (Å²) in [4.78, 5) is 22.5. The van der Waals surface area contributed by atoms with Crippen molar-refractivity contribution in [1.82, 2.24) is 20.3 Å². The third-order valence-corrected chi connectivity index (χ3v) is 3.38. The van der Waals surface area contributed by atoms with Gasteiger partial charge in [-0.15, -0.1) is 0 Å². The first kappa shape index (κ1) is 13.2. The van der Waals surface area contributed by atoms with Gasteiger partial charge >= 0.3 is 0 Å². The summed E-state index contributed by atoms with van der Waals surface area (Å²) in [6.45, 7) is 0.606. The molecule has 108 valence electrons. The summed E-state index contributed by atoms with van der Waals surface area (Å²) in [6.07, 6.45) is 6.89. The van der Waals surface area contributed by atoms with Crippen LogP contribution in [0.3, 0.4) is 0 Å². The quantitative estimate of drug-likeness (QED) is 0.424. The molecule has 6 heteroatoms. The van der Waals surface area contributed by atoms with Gasteiger partial charge in [0.2, 0.25) is 0 Å². The molecule has 1 amide bonds. The number of nitrogens with zero attached hydrogens (tertiary/aromatic N) is 1. The van der Waals surface area contributed by atoms with Crippen molar-refractivity contribution in [2.24, 2.45) is 0 Å². The molecule has 3 rings (SSSR count). The summed E-state index contributed by atoms with van der Waals surface area (Å²) < 4.78 is 0. The molecule has 6 nitrogen and oxygen atoms in total. The van der Waals surface area contributed by atoms with E-state index in [4.69, 9.17) is 5.73 Å². The van der Waals surface area contributed by atoms with E-state index in [-0.39, 0.29) is 5.91 Å². The van der Waals surface area contributed by atoms with Crippen molar-refractivity contribution in [2.75, 3.05) is 12.3 Å². The first-order chi connectivity index (χ1) is 10.2. The van der Waals surface area contributed by atoms with Crippen LogP contribution in [0.2, 0.25) is 0 Å². The first-order valence-corrected chi connectivity index (χ1v) is 6.87. The number of rotatable bonds is 5. The first-order valence-electron chi connectivity index (χ1n) is 6.87. The Bertz CT molecular complexity index is 745. The third-order valence-electron chi connectivity index (χ3n) is 3.38. The lowest BCUT2D eigenvalue weighted by Crippen LogP contribution is -2.24. The highest BCUT2D eigenvalue weighted by Gasteiger charge is 2.11. The Hall–Kier alpha value is -2.76. The Kier molecular flexibility index (Phi) is 3.59. The van der Waals surface area contributed by atoms with Crippen molar-refractivity contribution >= 4 is 22.5 Å². The number of aromatic amines is 2. The molecule has 0 spiro atoms. The van der Waals surface area contributed by atoms with E-state index in [1.807, 2.05) is 18.2 Å². The lowest BCUT2D eigenvalue weighted by molar-refractivity contribution is 0.0955. The predicted octanol–water partition coefficient (Wildman–Crippen LogP) is 1.84. The minimum atomic E-state index is -0.0914. The fourth-order valence-electron chi connectivity index (χ4n) is 2.31. The number of H-pyrrole nitrogens is 2. The molecule has 0 radical (unpaired) electrons. The average molecular weight is 283 g/mol. The molecule has 0 saturated heterocycles. The van der Waals surface area contributed by atoms with Crippen molar-refractivity contribution in [3.8, 4) is 0 Å². The van der Waals surface area contributed by atoms with Crippen molar-refractivity contribution < 1.29 is 4.79 Å². The third kappa shape index (κ3) is 2.89. The molecule has 0 atom stereocenters. The number of fused-ring (bicyclic) bond motifs is 1. The number of benzene rings is 1. The highest BCUT2D eigenvalue weighted by molar-refractivity contribution is 6.07. The van der Waals surface area contributed by atoms with Crippen LogP contribution in [-0.4, -0.2) is 27.4 Å². The molecule has 0 saturated carbocycles. The molecular formula is C15H17N5O. The lowest BCUT2D eigenvalue weighted by Gasteiger charge is -2.04. The summed E-state index contributed by atoms with van der Waals surface area (Å²) in [5.41, 5.74) is 7.95. The van der Waals surface area contributed by atoms with Crippen molar-refractivity contribution in [3.05, 3.63) is 48.2 Å². The Morgan fingerprint density at radius 2 is 2.24 bits per heavy atom. The smallest absolute Gasteiger partial charge is 0.253 e.